The maximum absolute atomic E-state index is 12.1. The molecule has 1 aromatic carbocycles. The van der Waals surface area contributed by atoms with Gasteiger partial charge in [0.1, 0.15) is 11.8 Å². The smallest absolute Gasteiger partial charge is 0.242 e. The molecule has 0 aliphatic heterocycles. The highest BCUT2D eigenvalue weighted by Crippen LogP contribution is 2.20. The molecular weight excluding hydrogens is 272 g/mol. The summed E-state index contributed by atoms with van der Waals surface area (Å²) in [5, 5.41) is 4.84. The second-order valence-corrected chi connectivity index (χ2v) is 5.48. The summed E-state index contributed by atoms with van der Waals surface area (Å²) < 4.78 is 5.11. The van der Waals surface area contributed by atoms with Gasteiger partial charge in [0, 0.05) is 4.88 Å². The van der Waals surface area contributed by atoms with Gasteiger partial charge in [0.15, 0.2) is 0 Å². The third kappa shape index (κ3) is 3.37. The Balaban J connectivity index is 1.99. The van der Waals surface area contributed by atoms with Crippen molar-refractivity contribution in [2.45, 2.75) is 19.0 Å². The Bertz CT molecular complexity index is 552. The number of hydrogen-bond donors (Lipinski definition) is 2. The van der Waals surface area contributed by atoms with E-state index in [0.717, 1.165) is 16.2 Å². The number of carbonyl (C=O) groups is 1. The molecule has 1 aromatic heterocycles. The summed E-state index contributed by atoms with van der Waals surface area (Å²) in [4.78, 5) is 13.0. The van der Waals surface area contributed by atoms with Crippen LogP contribution in [0, 0.1) is 0 Å². The molecule has 106 valence electrons. The zero-order chi connectivity index (χ0) is 14.5. The summed E-state index contributed by atoms with van der Waals surface area (Å²) in [6, 6.07) is 10.7. The molecule has 0 saturated heterocycles. The van der Waals surface area contributed by atoms with E-state index in [2.05, 4.69) is 5.32 Å². The molecule has 4 nitrogen and oxygen atoms in total. The van der Waals surface area contributed by atoms with Crippen LogP contribution in [0.25, 0.3) is 0 Å². The van der Waals surface area contributed by atoms with Crippen LogP contribution in [0.2, 0.25) is 0 Å². The van der Waals surface area contributed by atoms with E-state index in [0.29, 0.717) is 0 Å². The minimum absolute atomic E-state index is 0.0978. The third-order valence-corrected chi connectivity index (χ3v) is 4.06. The largest absolute Gasteiger partial charge is 0.497 e. The van der Waals surface area contributed by atoms with Crippen molar-refractivity contribution >= 4 is 17.2 Å². The molecule has 0 aliphatic carbocycles. The van der Waals surface area contributed by atoms with Gasteiger partial charge in [0.05, 0.1) is 13.2 Å². The lowest BCUT2D eigenvalue weighted by Crippen LogP contribution is -2.35. The summed E-state index contributed by atoms with van der Waals surface area (Å²) in [6.45, 7) is 1.93. The van der Waals surface area contributed by atoms with Crippen molar-refractivity contribution in [1.82, 2.24) is 5.32 Å². The van der Waals surface area contributed by atoms with Gasteiger partial charge in [0.25, 0.3) is 0 Å². The van der Waals surface area contributed by atoms with E-state index >= 15 is 0 Å². The zero-order valence-corrected chi connectivity index (χ0v) is 12.3. The van der Waals surface area contributed by atoms with E-state index in [1.54, 1.807) is 7.11 Å². The molecule has 2 rings (SSSR count). The molecule has 3 N–H and O–H groups in total. The Morgan fingerprint density at radius 2 is 2.00 bits per heavy atom. The van der Waals surface area contributed by atoms with Crippen LogP contribution in [0.1, 0.15) is 29.4 Å². The Morgan fingerprint density at radius 3 is 2.55 bits per heavy atom. The Morgan fingerprint density at radius 1 is 1.30 bits per heavy atom. The van der Waals surface area contributed by atoms with Crippen molar-refractivity contribution in [3.8, 4) is 5.75 Å². The van der Waals surface area contributed by atoms with Crippen molar-refractivity contribution < 1.29 is 9.53 Å². The van der Waals surface area contributed by atoms with E-state index in [9.17, 15) is 4.79 Å². The standard InChI is InChI=1S/C15H18N2O2S/c1-10(11-5-7-12(19-2)8-6-11)17-15(18)14(16)13-4-3-9-20-13/h3-10,14H,16H2,1-2H3,(H,17,18)/t10-,14?/m1/s1. The van der Waals surface area contributed by atoms with Gasteiger partial charge in [-0.15, -0.1) is 11.3 Å². The predicted octanol–water partition coefficient (Wildman–Crippen LogP) is 2.63. The van der Waals surface area contributed by atoms with Crippen molar-refractivity contribution in [2.75, 3.05) is 7.11 Å². The van der Waals surface area contributed by atoms with Crippen molar-refractivity contribution in [1.29, 1.82) is 0 Å². The summed E-state index contributed by atoms with van der Waals surface area (Å²) >= 11 is 1.48. The number of rotatable bonds is 5. The Kier molecular flexibility index (Phi) is 4.76. The number of carbonyl (C=O) groups excluding carboxylic acids is 1. The molecule has 0 aliphatic rings. The van der Waals surface area contributed by atoms with Crippen LogP contribution >= 0.6 is 11.3 Å². The van der Waals surface area contributed by atoms with Crippen LogP contribution in [-0.4, -0.2) is 13.0 Å². The Labute approximate surface area is 122 Å². The van der Waals surface area contributed by atoms with Crippen LogP contribution in [0.3, 0.4) is 0 Å². The number of ether oxygens (including phenoxy) is 1. The quantitative estimate of drug-likeness (QED) is 0.889. The first-order chi connectivity index (χ1) is 9.61. The number of methoxy groups -OCH3 is 1. The fourth-order valence-electron chi connectivity index (χ4n) is 1.88. The SMILES string of the molecule is COc1ccc([C@@H](C)NC(=O)C(N)c2cccs2)cc1. The minimum Gasteiger partial charge on any atom is -0.497 e. The third-order valence-electron chi connectivity index (χ3n) is 3.11. The first kappa shape index (κ1) is 14.6. The highest BCUT2D eigenvalue weighted by Gasteiger charge is 2.19. The number of amides is 1. The van der Waals surface area contributed by atoms with Crippen LogP contribution < -0.4 is 15.8 Å². The fourth-order valence-corrected chi connectivity index (χ4v) is 2.60. The van der Waals surface area contributed by atoms with Crippen molar-refractivity contribution in [3.05, 3.63) is 52.2 Å². The van der Waals surface area contributed by atoms with Crippen LogP contribution in [-0.2, 0) is 4.79 Å². The van der Waals surface area contributed by atoms with Gasteiger partial charge in [-0.25, -0.2) is 0 Å². The molecule has 0 spiro atoms. The fraction of sp³-hybridized carbons (Fsp3) is 0.267. The molecule has 0 bridgehead atoms. The molecule has 1 amide bonds. The van der Waals surface area contributed by atoms with Gasteiger partial charge < -0.3 is 15.8 Å². The van der Waals surface area contributed by atoms with Gasteiger partial charge in [-0.1, -0.05) is 18.2 Å². The molecule has 2 atom stereocenters. The average molecular weight is 290 g/mol. The lowest BCUT2D eigenvalue weighted by molar-refractivity contribution is -0.123. The van der Waals surface area contributed by atoms with Gasteiger partial charge in [-0.2, -0.15) is 0 Å². The van der Waals surface area contributed by atoms with Gasteiger partial charge in [-0.3, -0.25) is 4.79 Å². The molecule has 1 unspecified atom stereocenters. The number of nitrogens with two attached hydrogens (primary N) is 1. The van der Waals surface area contributed by atoms with E-state index in [1.165, 1.54) is 11.3 Å². The van der Waals surface area contributed by atoms with E-state index in [-0.39, 0.29) is 11.9 Å². The molecule has 1 heterocycles. The summed E-state index contributed by atoms with van der Waals surface area (Å²) in [6.07, 6.45) is 0. The predicted molar refractivity (Wildman–Crippen MR) is 80.8 cm³/mol. The number of thiophene rings is 1. The van der Waals surface area contributed by atoms with Crippen LogP contribution in [0.4, 0.5) is 0 Å². The first-order valence-electron chi connectivity index (χ1n) is 6.35. The highest BCUT2D eigenvalue weighted by atomic mass is 32.1. The van der Waals surface area contributed by atoms with Gasteiger partial charge in [-0.05, 0) is 36.1 Å². The maximum Gasteiger partial charge on any atom is 0.242 e. The number of nitrogens with one attached hydrogen (secondary N) is 1. The summed E-state index contributed by atoms with van der Waals surface area (Å²) in [5.74, 6) is 0.623. The van der Waals surface area contributed by atoms with Gasteiger partial charge in [0.2, 0.25) is 5.91 Å². The van der Waals surface area contributed by atoms with Crippen molar-refractivity contribution in [2.24, 2.45) is 5.73 Å². The molecule has 2 aromatic rings. The lowest BCUT2D eigenvalue weighted by atomic mass is 10.1. The van der Waals surface area contributed by atoms with Gasteiger partial charge >= 0.3 is 0 Å². The topological polar surface area (TPSA) is 64.3 Å². The molecule has 5 heteroatoms. The monoisotopic (exact) mass is 290 g/mol. The summed E-state index contributed by atoms with van der Waals surface area (Å²) in [5.41, 5.74) is 6.94. The van der Waals surface area contributed by atoms with Crippen LogP contribution in [0.5, 0.6) is 5.75 Å². The van der Waals surface area contributed by atoms with Crippen LogP contribution in [0.15, 0.2) is 41.8 Å². The lowest BCUT2D eigenvalue weighted by Gasteiger charge is -2.17. The van der Waals surface area contributed by atoms with E-state index < -0.39 is 6.04 Å². The number of benzene rings is 1. The second kappa shape index (κ2) is 6.54. The molecule has 20 heavy (non-hydrogen) atoms. The first-order valence-corrected chi connectivity index (χ1v) is 7.23. The average Bonchev–Trinajstić information content (AvgIpc) is 3.00. The molecule has 0 saturated carbocycles. The zero-order valence-electron chi connectivity index (χ0n) is 11.5. The van der Waals surface area contributed by atoms with E-state index in [1.807, 2.05) is 48.7 Å². The van der Waals surface area contributed by atoms with Crippen molar-refractivity contribution in [3.63, 3.8) is 0 Å². The maximum atomic E-state index is 12.1. The highest BCUT2D eigenvalue weighted by molar-refractivity contribution is 7.10. The molecule has 0 fully saturated rings. The number of hydrogen-bond acceptors (Lipinski definition) is 4. The Hall–Kier alpha value is -1.85. The molecule has 0 radical (unpaired) electrons. The second-order valence-electron chi connectivity index (χ2n) is 4.50. The molecular formula is C15H18N2O2S. The summed E-state index contributed by atoms with van der Waals surface area (Å²) in [7, 11) is 1.63. The van der Waals surface area contributed by atoms with E-state index in [4.69, 9.17) is 10.5 Å². The minimum atomic E-state index is -0.615. The normalized spacial score (nSPS) is 13.6.